The zero-order chi connectivity index (χ0) is 30.2. The number of phenols is 1. The highest BCUT2D eigenvalue weighted by molar-refractivity contribution is 5.91. The Balaban J connectivity index is 1.60. The average molecular weight is 573 g/mol. The molecule has 0 heterocycles. The number of aldehydes is 1. The standard InChI is InChI=1S/C30H41FN4O6/c1-19(41-26-8-4-7-25(37)24(26)6-5-15-32)17-33-27(30(40)13-14-30)29(39)35(3)20(2)28(38)34-23(18-36)16-21-9-11-22(31)12-10-21/h4,7-12,18-20,23,27,33,37,40H,5-6,13-17,32H2,1-3H3,(H,34,38). The minimum Gasteiger partial charge on any atom is -0.508 e. The van der Waals surface area contributed by atoms with Crippen LogP contribution in [0.15, 0.2) is 42.5 Å². The van der Waals surface area contributed by atoms with Crippen molar-refractivity contribution in [1.29, 1.82) is 0 Å². The van der Waals surface area contributed by atoms with Crippen LogP contribution in [0.3, 0.4) is 0 Å². The molecular weight excluding hydrogens is 531 g/mol. The second-order valence-corrected chi connectivity index (χ2v) is 10.7. The highest BCUT2D eigenvalue weighted by Gasteiger charge is 2.52. The number of hydrogen-bond donors (Lipinski definition) is 5. The van der Waals surface area contributed by atoms with Crippen LogP contribution in [0.2, 0.25) is 0 Å². The van der Waals surface area contributed by atoms with Gasteiger partial charge in [-0.2, -0.15) is 0 Å². The predicted octanol–water partition coefficient (Wildman–Crippen LogP) is 1.45. The summed E-state index contributed by atoms with van der Waals surface area (Å²) in [6.45, 7) is 4.03. The van der Waals surface area contributed by atoms with Crippen LogP contribution in [0.1, 0.15) is 44.2 Å². The zero-order valence-electron chi connectivity index (χ0n) is 23.8. The number of amides is 2. The molecular formula is C30H41FN4O6. The van der Waals surface area contributed by atoms with Gasteiger partial charge in [-0.05, 0) is 82.3 Å². The van der Waals surface area contributed by atoms with E-state index in [1.165, 1.54) is 43.1 Å². The maximum Gasteiger partial charge on any atom is 0.243 e. The first-order chi connectivity index (χ1) is 19.5. The molecule has 0 aromatic heterocycles. The molecule has 1 saturated carbocycles. The van der Waals surface area contributed by atoms with E-state index in [0.717, 1.165) is 0 Å². The summed E-state index contributed by atoms with van der Waals surface area (Å²) in [5, 5.41) is 26.9. The second-order valence-electron chi connectivity index (χ2n) is 10.7. The topological polar surface area (TPSA) is 154 Å². The maximum absolute atomic E-state index is 13.5. The molecule has 10 nitrogen and oxygen atoms in total. The van der Waals surface area contributed by atoms with Gasteiger partial charge in [-0.25, -0.2) is 4.39 Å². The van der Waals surface area contributed by atoms with Gasteiger partial charge in [0.2, 0.25) is 11.8 Å². The normalized spacial score (nSPS) is 16.6. The Hall–Kier alpha value is -3.54. The van der Waals surface area contributed by atoms with Crippen LogP contribution >= 0.6 is 0 Å². The molecule has 4 atom stereocenters. The molecule has 2 amide bonds. The van der Waals surface area contributed by atoms with Crippen molar-refractivity contribution in [2.24, 2.45) is 5.73 Å². The fraction of sp³-hybridized carbons (Fsp3) is 0.500. The number of halogens is 1. The van der Waals surface area contributed by atoms with Crippen LogP contribution in [-0.2, 0) is 27.2 Å². The highest BCUT2D eigenvalue weighted by atomic mass is 19.1. The van der Waals surface area contributed by atoms with Gasteiger partial charge in [-0.3, -0.25) is 14.9 Å². The summed E-state index contributed by atoms with van der Waals surface area (Å²) in [4.78, 5) is 39.3. The summed E-state index contributed by atoms with van der Waals surface area (Å²) in [5.74, 6) is -0.759. The third kappa shape index (κ3) is 8.72. The van der Waals surface area contributed by atoms with Gasteiger partial charge in [0.05, 0.1) is 11.6 Å². The molecule has 1 fully saturated rings. The number of aromatic hydroxyl groups is 1. The van der Waals surface area contributed by atoms with E-state index in [2.05, 4.69) is 10.6 Å². The van der Waals surface area contributed by atoms with Gasteiger partial charge in [0.25, 0.3) is 0 Å². The number of benzene rings is 2. The van der Waals surface area contributed by atoms with E-state index < -0.39 is 47.5 Å². The molecule has 1 aliphatic carbocycles. The summed E-state index contributed by atoms with van der Waals surface area (Å²) in [5.41, 5.74) is 5.71. The Morgan fingerprint density at radius 1 is 1.20 bits per heavy atom. The number of aliphatic hydroxyl groups is 1. The van der Waals surface area contributed by atoms with E-state index in [9.17, 15) is 29.0 Å². The number of ether oxygens (including phenoxy) is 1. The number of rotatable bonds is 16. The van der Waals surface area contributed by atoms with Crippen molar-refractivity contribution in [1.82, 2.24) is 15.5 Å². The molecule has 6 N–H and O–H groups in total. The number of likely N-dealkylation sites (N-methyl/N-ethyl adjacent to an activating group) is 1. The first-order valence-electron chi connectivity index (χ1n) is 13.9. The molecule has 1 aliphatic rings. The average Bonchev–Trinajstić information content (AvgIpc) is 3.70. The van der Waals surface area contributed by atoms with E-state index in [4.69, 9.17) is 10.5 Å². The smallest absolute Gasteiger partial charge is 0.243 e. The lowest BCUT2D eigenvalue weighted by Gasteiger charge is -2.32. The fourth-order valence-corrected chi connectivity index (χ4v) is 4.54. The van der Waals surface area contributed by atoms with Gasteiger partial charge in [-0.1, -0.05) is 18.2 Å². The molecule has 0 aliphatic heterocycles. The maximum atomic E-state index is 13.5. The van der Waals surface area contributed by atoms with Crippen molar-refractivity contribution in [2.45, 2.75) is 75.8 Å². The first-order valence-corrected chi connectivity index (χ1v) is 13.9. The van der Waals surface area contributed by atoms with E-state index in [1.54, 1.807) is 18.2 Å². The lowest BCUT2D eigenvalue weighted by atomic mass is 10.1. The van der Waals surface area contributed by atoms with E-state index >= 15 is 0 Å². The van der Waals surface area contributed by atoms with Gasteiger partial charge in [0.1, 0.15) is 41.8 Å². The largest absolute Gasteiger partial charge is 0.508 e. The first kappa shape index (κ1) is 32.0. The number of nitrogens with two attached hydrogens (primary N) is 1. The van der Waals surface area contributed by atoms with Crippen LogP contribution < -0.4 is 21.1 Å². The quantitative estimate of drug-likeness (QED) is 0.189. The molecule has 41 heavy (non-hydrogen) atoms. The minimum absolute atomic E-state index is 0.125. The molecule has 2 aromatic rings. The molecule has 0 radical (unpaired) electrons. The highest BCUT2D eigenvalue weighted by Crippen LogP contribution is 2.39. The Morgan fingerprint density at radius 3 is 2.49 bits per heavy atom. The molecule has 224 valence electrons. The number of nitrogens with zero attached hydrogens (tertiary/aromatic N) is 1. The predicted molar refractivity (Wildman–Crippen MR) is 152 cm³/mol. The van der Waals surface area contributed by atoms with Crippen molar-refractivity contribution < 1.29 is 33.7 Å². The zero-order valence-corrected chi connectivity index (χ0v) is 23.8. The Bertz CT molecular complexity index is 1190. The Labute approximate surface area is 240 Å². The third-order valence-corrected chi connectivity index (χ3v) is 7.39. The second kappa shape index (κ2) is 14.4. The van der Waals surface area contributed by atoms with Crippen molar-refractivity contribution in [3.63, 3.8) is 0 Å². The van der Waals surface area contributed by atoms with Gasteiger partial charge in [0, 0.05) is 19.2 Å². The van der Waals surface area contributed by atoms with E-state index in [0.29, 0.717) is 55.4 Å². The summed E-state index contributed by atoms with van der Waals surface area (Å²) in [6.07, 6.45) is 2.46. The molecule has 11 heteroatoms. The molecule has 2 aromatic carbocycles. The number of carbonyl (C=O) groups is 3. The minimum atomic E-state index is -1.24. The van der Waals surface area contributed by atoms with Crippen LogP contribution in [-0.4, -0.2) is 83.2 Å². The van der Waals surface area contributed by atoms with E-state index in [1.807, 2.05) is 6.92 Å². The molecule has 3 rings (SSSR count). The summed E-state index contributed by atoms with van der Waals surface area (Å²) in [7, 11) is 1.47. The van der Waals surface area contributed by atoms with Crippen LogP contribution in [0, 0.1) is 5.82 Å². The fourth-order valence-electron chi connectivity index (χ4n) is 4.54. The van der Waals surface area contributed by atoms with Crippen molar-refractivity contribution >= 4 is 18.1 Å². The van der Waals surface area contributed by atoms with Gasteiger partial charge < -0.3 is 35.7 Å². The summed E-state index contributed by atoms with van der Waals surface area (Å²) in [6, 6.07) is 7.90. The Morgan fingerprint density at radius 2 is 1.88 bits per heavy atom. The van der Waals surface area contributed by atoms with Crippen LogP contribution in [0.4, 0.5) is 4.39 Å². The molecule has 0 spiro atoms. The number of carbonyl (C=O) groups excluding carboxylic acids is 3. The Kier molecular flexibility index (Phi) is 11.2. The summed E-state index contributed by atoms with van der Waals surface area (Å²) >= 11 is 0. The third-order valence-electron chi connectivity index (χ3n) is 7.39. The van der Waals surface area contributed by atoms with Gasteiger partial charge >= 0.3 is 0 Å². The number of nitrogens with one attached hydrogen (secondary N) is 2. The molecule has 4 unspecified atom stereocenters. The van der Waals surface area contributed by atoms with Crippen molar-refractivity contribution in [3.05, 3.63) is 59.4 Å². The monoisotopic (exact) mass is 572 g/mol. The molecule has 0 saturated heterocycles. The summed E-state index contributed by atoms with van der Waals surface area (Å²) < 4.78 is 19.2. The van der Waals surface area contributed by atoms with Gasteiger partial charge in [0.15, 0.2) is 0 Å². The number of hydrogen-bond acceptors (Lipinski definition) is 8. The number of phenolic OH excluding ortho intramolecular Hbond substituents is 1. The van der Waals surface area contributed by atoms with Gasteiger partial charge in [-0.15, -0.1) is 0 Å². The van der Waals surface area contributed by atoms with Crippen molar-refractivity contribution in [3.8, 4) is 11.5 Å². The lowest BCUT2D eigenvalue weighted by Crippen LogP contribution is -2.58. The van der Waals surface area contributed by atoms with Crippen molar-refractivity contribution in [2.75, 3.05) is 20.1 Å². The SMILES string of the molecule is CC(CNC(C(=O)N(C)C(C)C(=O)NC(C=O)Cc1ccc(F)cc1)C1(O)CC1)Oc1cccc(O)c1CCCN. The van der Waals surface area contributed by atoms with E-state index in [-0.39, 0.29) is 18.7 Å². The molecule has 0 bridgehead atoms. The van der Waals surface area contributed by atoms with Crippen LogP contribution in [0.5, 0.6) is 11.5 Å². The lowest BCUT2D eigenvalue weighted by molar-refractivity contribution is -0.143. The van der Waals surface area contributed by atoms with Crippen LogP contribution in [0.25, 0.3) is 0 Å².